The minimum absolute atomic E-state index is 0.101. The van der Waals surface area contributed by atoms with Gasteiger partial charge < -0.3 is 14.8 Å². The first-order valence-corrected chi connectivity index (χ1v) is 12.6. The van der Waals surface area contributed by atoms with E-state index in [4.69, 9.17) is 0 Å². The van der Waals surface area contributed by atoms with Gasteiger partial charge in [-0.05, 0) is 59.5 Å². The number of hydrogen-bond acceptors (Lipinski definition) is 3. The number of fused-ring (bicyclic) bond motifs is 2. The molecule has 1 aromatic heterocycles. The number of carbonyl (C=O) groups excluding carboxylic acids is 2. The second kappa shape index (κ2) is 10.8. The fraction of sp³-hybridized carbons (Fsp3) is 0.194. The monoisotopic (exact) mass is 508 g/mol. The van der Waals surface area contributed by atoms with Gasteiger partial charge in [0.05, 0.1) is 11.0 Å². The third kappa shape index (κ3) is 5.13. The van der Waals surface area contributed by atoms with Crippen LogP contribution in [-0.4, -0.2) is 45.9 Å². The van der Waals surface area contributed by atoms with E-state index in [1.807, 2.05) is 73.8 Å². The van der Waals surface area contributed by atoms with Gasteiger partial charge in [-0.1, -0.05) is 60.7 Å². The van der Waals surface area contributed by atoms with Gasteiger partial charge in [0.1, 0.15) is 5.82 Å². The van der Waals surface area contributed by atoms with Gasteiger partial charge in [-0.2, -0.15) is 0 Å². The predicted molar refractivity (Wildman–Crippen MR) is 148 cm³/mol. The number of aryl methyl sites for hydroxylation is 1. The van der Waals surface area contributed by atoms with Gasteiger partial charge in [0.2, 0.25) is 0 Å². The van der Waals surface area contributed by atoms with E-state index in [0.29, 0.717) is 30.8 Å². The average molecular weight is 509 g/mol. The number of halogens is 1. The topological polar surface area (TPSA) is 67.2 Å². The second-order valence-electron chi connectivity index (χ2n) is 9.45. The lowest BCUT2D eigenvalue weighted by Crippen LogP contribution is -2.41. The molecule has 2 amide bonds. The lowest BCUT2D eigenvalue weighted by Gasteiger charge is -2.29. The Kier molecular flexibility index (Phi) is 7.18. The number of benzene rings is 4. The lowest BCUT2D eigenvalue weighted by atomic mass is 9.99. The van der Waals surface area contributed by atoms with Crippen molar-refractivity contribution < 1.29 is 14.0 Å². The van der Waals surface area contributed by atoms with Crippen molar-refractivity contribution in [3.8, 4) is 0 Å². The number of likely N-dealkylation sites (N-methyl/N-ethyl adjacent to an activating group) is 1. The van der Waals surface area contributed by atoms with Crippen LogP contribution in [0.4, 0.5) is 4.39 Å². The molecule has 0 bridgehead atoms. The van der Waals surface area contributed by atoms with E-state index in [1.54, 1.807) is 28.6 Å². The largest absolute Gasteiger partial charge is 0.349 e. The number of carbonyl (C=O) groups is 2. The highest BCUT2D eigenvalue weighted by atomic mass is 19.1. The van der Waals surface area contributed by atoms with Crippen LogP contribution in [0.15, 0.2) is 91.0 Å². The molecule has 0 radical (unpaired) electrons. The first-order chi connectivity index (χ1) is 18.4. The Balaban J connectivity index is 1.35. The molecule has 5 aromatic rings. The van der Waals surface area contributed by atoms with E-state index < -0.39 is 0 Å². The van der Waals surface area contributed by atoms with Crippen LogP contribution in [0.25, 0.3) is 21.8 Å². The lowest BCUT2D eigenvalue weighted by molar-refractivity contribution is 0.0724. The van der Waals surface area contributed by atoms with Crippen LogP contribution in [0, 0.1) is 5.82 Å². The number of aromatic nitrogens is 2. The van der Waals surface area contributed by atoms with Gasteiger partial charge in [-0.3, -0.25) is 9.59 Å². The number of para-hydroxylation sites is 2. The van der Waals surface area contributed by atoms with Crippen LogP contribution in [0.5, 0.6) is 0 Å². The number of nitrogens with zero attached hydrogens (tertiary/aromatic N) is 3. The van der Waals surface area contributed by atoms with E-state index in [9.17, 15) is 14.0 Å². The number of imidazole rings is 1. The molecule has 0 fully saturated rings. The zero-order valence-corrected chi connectivity index (χ0v) is 21.4. The van der Waals surface area contributed by atoms with E-state index in [1.165, 1.54) is 12.1 Å². The van der Waals surface area contributed by atoms with Crippen molar-refractivity contribution in [2.24, 2.45) is 7.05 Å². The summed E-state index contributed by atoms with van der Waals surface area (Å²) >= 11 is 0. The van der Waals surface area contributed by atoms with E-state index in [0.717, 1.165) is 27.4 Å². The molecule has 1 heterocycles. The van der Waals surface area contributed by atoms with Crippen molar-refractivity contribution in [1.82, 2.24) is 19.8 Å². The van der Waals surface area contributed by atoms with Gasteiger partial charge >= 0.3 is 0 Å². The molecule has 0 spiro atoms. The minimum atomic E-state index is -0.305. The molecule has 1 atom stereocenters. The van der Waals surface area contributed by atoms with Gasteiger partial charge in [-0.25, -0.2) is 9.37 Å². The van der Waals surface area contributed by atoms with Crippen molar-refractivity contribution in [2.75, 3.05) is 13.6 Å². The average Bonchev–Trinajstić information content (AvgIpc) is 3.29. The molecular formula is C31H29FN4O2. The molecule has 0 saturated heterocycles. The van der Waals surface area contributed by atoms with E-state index >= 15 is 0 Å². The highest BCUT2D eigenvalue weighted by Gasteiger charge is 2.24. The van der Waals surface area contributed by atoms with Gasteiger partial charge in [0.15, 0.2) is 5.82 Å². The first kappa shape index (κ1) is 25.1. The molecule has 1 N–H and O–H groups in total. The Morgan fingerprint density at radius 3 is 2.45 bits per heavy atom. The highest BCUT2D eigenvalue weighted by Crippen LogP contribution is 2.22. The molecule has 38 heavy (non-hydrogen) atoms. The van der Waals surface area contributed by atoms with Crippen LogP contribution in [-0.2, 0) is 13.5 Å². The first-order valence-electron chi connectivity index (χ1n) is 12.6. The van der Waals surface area contributed by atoms with Gasteiger partial charge in [-0.15, -0.1) is 0 Å². The number of hydrogen-bond donors (Lipinski definition) is 1. The summed E-state index contributed by atoms with van der Waals surface area (Å²) in [4.78, 5) is 32.8. The Labute approximate surface area is 220 Å². The summed E-state index contributed by atoms with van der Waals surface area (Å²) < 4.78 is 15.3. The summed E-state index contributed by atoms with van der Waals surface area (Å²) in [5.74, 6) is -0.343. The summed E-state index contributed by atoms with van der Waals surface area (Å²) in [6.07, 6.45) is 1.04. The Morgan fingerprint density at radius 1 is 0.947 bits per heavy atom. The van der Waals surface area contributed by atoms with E-state index in [-0.39, 0.29) is 23.7 Å². The Bertz CT molecular complexity index is 1600. The van der Waals surface area contributed by atoms with Crippen LogP contribution < -0.4 is 5.32 Å². The summed E-state index contributed by atoms with van der Waals surface area (Å²) in [5.41, 5.74) is 3.18. The Hall–Kier alpha value is -4.52. The Morgan fingerprint density at radius 2 is 1.66 bits per heavy atom. The molecule has 192 valence electrons. The standard InChI is InChI=1S/C31H29FN4O2/c1-35(31(38)26-11-7-9-22-8-3-4-10-25(22)26)24(20-21-14-16-23(32)17-15-21)18-19-33-30(37)29-34-27-12-5-6-13-28(27)36(29)2/h3-17,24H,18-20H2,1-2H3,(H,33,37)/t24-/m1/s1. The molecule has 0 saturated carbocycles. The number of rotatable bonds is 8. The van der Waals surface area contributed by atoms with Crippen molar-refractivity contribution in [2.45, 2.75) is 18.9 Å². The van der Waals surface area contributed by atoms with Crippen LogP contribution >= 0.6 is 0 Å². The minimum Gasteiger partial charge on any atom is -0.349 e. The van der Waals surface area contributed by atoms with Crippen LogP contribution in [0.2, 0.25) is 0 Å². The van der Waals surface area contributed by atoms with Crippen molar-refractivity contribution in [3.05, 3.63) is 114 Å². The molecule has 0 unspecified atom stereocenters. The summed E-state index contributed by atoms with van der Waals surface area (Å²) in [7, 11) is 3.60. The summed E-state index contributed by atoms with van der Waals surface area (Å²) in [6.45, 7) is 0.348. The van der Waals surface area contributed by atoms with Gasteiger partial charge in [0, 0.05) is 32.2 Å². The molecule has 0 aliphatic rings. The van der Waals surface area contributed by atoms with Crippen molar-refractivity contribution in [1.29, 1.82) is 0 Å². The molecule has 5 rings (SSSR count). The maximum absolute atomic E-state index is 13.7. The third-order valence-electron chi connectivity index (χ3n) is 7.03. The maximum atomic E-state index is 13.7. The third-order valence-corrected chi connectivity index (χ3v) is 7.03. The zero-order valence-electron chi connectivity index (χ0n) is 21.4. The van der Waals surface area contributed by atoms with Crippen LogP contribution in [0.1, 0.15) is 33.0 Å². The van der Waals surface area contributed by atoms with Crippen molar-refractivity contribution in [3.63, 3.8) is 0 Å². The number of nitrogens with one attached hydrogen (secondary N) is 1. The van der Waals surface area contributed by atoms with Crippen LogP contribution in [0.3, 0.4) is 0 Å². The fourth-order valence-corrected chi connectivity index (χ4v) is 4.87. The summed E-state index contributed by atoms with van der Waals surface area (Å²) in [6, 6.07) is 27.2. The quantitative estimate of drug-likeness (QED) is 0.307. The predicted octanol–water partition coefficient (Wildman–Crippen LogP) is 5.37. The second-order valence-corrected chi connectivity index (χ2v) is 9.45. The highest BCUT2D eigenvalue weighted by molar-refractivity contribution is 6.07. The zero-order chi connectivity index (χ0) is 26.6. The SMILES string of the molecule is CN(C(=O)c1cccc2ccccc12)[C@H](CCNC(=O)c1nc2ccccc2n1C)Cc1ccc(F)cc1. The fourth-order valence-electron chi connectivity index (χ4n) is 4.87. The summed E-state index contributed by atoms with van der Waals surface area (Å²) in [5, 5.41) is 4.86. The van der Waals surface area contributed by atoms with Gasteiger partial charge in [0.25, 0.3) is 11.8 Å². The number of amides is 2. The molecule has 0 aliphatic carbocycles. The smallest absolute Gasteiger partial charge is 0.287 e. The molecule has 4 aromatic carbocycles. The van der Waals surface area contributed by atoms with Crippen molar-refractivity contribution >= 4 is 33.6 Å². The normalized spacial score (nSPS) is 12.0. The molecule has 0 aliphatic heterocycles. The maximum Gasteiger partial charge on any atom is 0.287 e. The molecule has 7 heteroatoms. The molecular weight excluding hydrogens is 479 g/mol. The molecule has 6 nitrogen and oxygen atoms in total. The van der Waals surface area contributed by atoms with E-state index in [2.05, 4.69) is 10.3 Å².